The smallest absolute Gasteiger partial charge is 1.00 e. The molecule has 0 aliphatic carbocycles. The molecule has 0 fully saturated rings. The van der Waals surface area contributed by atoms with E-state index in [0.717, 1.165) is 0 Å². The van der Waals surface area contributed by atoms with Crippen molar-refractivity contribution in [2.24, 2.45) is 0 Å². The van der Waals surface area contributed by atoms with Gasteiger partial charge >= 0.3 is 23.1 Å². The van der Waals surface area contributed by atoms with Gasteiger partial charge in [-0.15, -0.1) is 10.1 Å². The van der Waals surface area contributed by atoms with Gasteiger partial charge in [0.2, 0.25) is 0 Å². The van der Waals surface area contributed by atoms with E-state index in [1.54, 1.807) is 0 Å². The first-order valence-corrected chi connectivity index (χ1v) is 0.565. The van der Waals surface area contributed by atoms with Crippen LogP contribution in [-0.4, -0.2) is 33.3 Å². The molecule has 0 spiro atoms. The maximum Gasteiger partial charge on any atom is 2.00 e. The zero-order valence-electron chi connectivity index (χ0n) is 4.77. The Morgan fingerprint density at radius 2 is 1.83 bits per heavy atom. The van der Waals surface area contributed by atoms with Crippen molar-refractivity contribution < 1.29 is 53.1 Å². The zero-order valence-corrected chi connectivity index (χ0v) is 6.45. The van der Waals surface area contributed by atoms with Crippen LogP contribution in [0.15, 0.2) is 0 Å². The Morgan fingerprint density at radius 1 is 1.83 bits per heavy atom. The third-order valence-corrected chi connectivity index (χ3v) is 0. The largest absolute Gasteiger partial charge is 2.00 e. The average molecular weight is 247 g/mol. The molecular formula is H3GdMgNO3. The molecule has 0 amide bonds. The van der Waals surface area contributed by atoms with Gasteiger partial charge in [0.15, 0.2) is 0 Å². The number of hydrogen-bond acceptors (Lipinski definition) is 2. The van der Waals surface area contributed by atoms with E-state index in [-0.39, 0.29) is 65.8 Å². The van der Waals surface area contributed by atoms with Gasteiger partial charge in [0.05, 0.1) is 0 Å². The van der Waals surface area contributed by atoms with Crippen LogP contribution in [0.2, 0.25) is 0 Å². The molecule has 0 saturated heterocycles. The van der Waals surface area contributed by atoms with E-state index in [1.807, 2.05) is 0 Å². The van der Waals surface area contributed by atoms with Crippen LogP contribution in [0.5, 0.6) is 0 Å². The van der Waals surface area contributed by atoms with Crippen molar-refractivity contribution in [3.05, 3.63) is 10.1 Å². The first kappa shape index (κ1) is 15.7. The Hall–Kier alpha value is 1.29. The molecule has 36 valence electrons. The summed E-state index contributed by atoms with van der Waals surface area (Å²) in [6, 6.07) is 0. The molecule has 0 rings (SSSR count). The second-order valence-corrected chi connectivity index (χ2v) is 0.238. The van der Waals surface area contributed by atoms with Gasteiger partial charge in [0, 0.05) is 39.9 Å². The van der Waals surface area contributed by atoms with Crippen LogP contribution < -0.4 is 0 Å². The van der Waals surface area contributed by atoms with Gasteiger partial charge in [-0.05, 0) is 0 Å². The second-order valence-electron chi connectivity index (χ2n) is 0.238. The summed E-state index contributed by atoms with van der Waals surface area (Å²) in [7, 11) is 0. The fourth-order valence-corrected chi connectivity index (χ4v) is 0. The predicted octanol–water partition coefficient (Wildman–Crippen LogP) is -0.504. The minimum atomic E-state index is -1.50. The van der Waals surface area contributed by atoms with E-state index in [4.69, 9.17) is 15.3 Å². The van der Waals surface area contributed by atoms with Gasteiger partial charge in [-0.3, -0.25) is 0 Å². The molecule has 6 heavy (non-hydrogen) atoms. The van der Waals surface area contributed by atoms with Crippen molar-refractivity contribution in [2.75, 3.05) is 0 Å². The molecular weight excluding hydrogens is 244 g/mol. The third-order valence-electron chi connectivity index (χ3n) is 0. The van der Waals surface area contributed by atoms with Gasteiger partial charge in [-0.1, -0.05) is 0 Å². The zero-order chi connectivity index (χ0) is 3.58. The third kappa shape index (κ3) is 58.5. The summed E-state index contributed by atoms with van der Waals surface area (Å²) in [5.41, 5.74) is 0. The Balaban J connectivity index is -0.00000000750. The fraction of sp³-hybridized carbons (Fsp3) is 0. The normalized spacial score (nSPS) is 4.00. The van der Waals surface area contributed by atoms with Crippen LogP contribution in [0.1, 0.15) is 2.85 Å². The Morgan fingerprint density at radius 3 is 1.83 bits per heavy atom. The molecule has 0 aromatic rings. The molecule has 0 aliphatic rings. The van der Waals surface area contributed by atoms with Crippen LogP contribution in [0.25, 0.3) is 0 Å². The SMILES string of the molecule is O=[N+]([O-])O.[Gd].[H-].[H-].[Mg+2]. The van der Waals surface area contributed by atoms with Crippen LogP contribution in [0.3, 0.4) is 0 Å². The summed E-state index contributed by atoms with van der Waals surface area (Å²) in [6.07, 6.45) is 0. The van der Waals surface area contributed by atoms with Gasteiger partial charge in [0.25, 0.3) is 5.09 Å². The maximum atomic E-state index is 8.36. The molecule has 0 aromatic carbocycles. The van der Waals surface area contributed by atoms with Gasteiger partial charge in [-0.2, -0.15) is 0 Å². The first-order valence-electron chi connectivity index (χ1n) is 0.565. The van der Waals surface area contributed by atoms with Crippen molar-refractivity contribution in [1.29, 1.82) is 0 Å². The van der Waals surface area contributed by atoms with Crippen LogP contribution in [0, 0.1) is 50.1 Å². The van der Waals surface area contributed by atoms with Crippen LogP contribution in [-0.2, 0) is 0 Å². The topological polar surface area (TPSA) is 63.4 Å². The maximum absolute atomic E-state index is 8.36. The molecule has 0 aliphatic heterocycles. The van der Waals surface area contributed by atoms with Crippen molar-refractivity contribution in [2.45, 2.75) is 0 Å². The summed E-state index contributed by atoms with van der Waals surface area (Å²) in [5.74, 6) is 0. The Labute approximate surface area is 85.2 Å². The molecule has 4 nitrogen and oxygen atoms in total. The van der Waals surface area contributed by atoms with E-state index in [1.165, 1.54) is 0 Å². The standard InChI is InChI=1S/Gd.Mg.HNO3.2H/c;;2-1(3)4;;/h;;(H,2,3,4);;/q;+2;;2*-1. The molecule has 0 radical (unpaired) electrons. The fourth-order valence-electron chi connectivity index (χ4n) is 0. The molecule has 6 heteroatoms. The first-order chi connectivity index (χ1) is 1.73. The van der Waals surface area contributed by atoms with Crippen molar-refractivity contribution in [1.82, 2.24) is 0 Å². The van der Waals surface area contributed by atoms with E-state index in [2.05, 4.69) is 0 Å². The Bertz CT molecular complexity index is 40.3. The molecule has 0 saturated carbocycles. The van der Waals surface area contributed by atoms with Crippen LogP contribution >= 0.6 is 0 Å². The molecule has 0 bridgehead atoms. The van der Waals surface area contributed by atoms with Gasteiger partial charge < -0.3 is 8.06 Å². The Kier molecular flexibility index (Phi) is 25.0. The van der Waals surface area contributed by atoms with Crippen LogP contribution in [0.4, 0.5) is 0 Å². The van der Waals surface area contributed by atoms with Crippen molar-refractivity contribution in [3.63, 3.8) is 0 Å². The van der Waals surface area contributed by atoms with Gasteiger partial charge in [-0.25, -0.2) is 0 Å². The summed E-state index contributed by atoms with van der Waals surface area (Å²) in [4.78, 5) is 8.36. The minimum Gasteiger partial charge on any atom is -1.00 e. The number of hydrogen-bond donors (Lipinski definition) is 1. The average Bonchev–Trinajstić information content (AvgIpc) is 0.811. The predicted molar refractivity (Wildman–Crippen MR) is 16.8 cm³/mol. The summed E-state index contributed by atoms with van der Waals surface area (Å²) in [6.45, 7) is 0. The van der Waals surface area contributed by atoms with Crippen molar-refractivity contribution >= 4 is 23.1 Å². The van der Waals surface area contributed by atoms with E-state index >= 15 is 0 Å². The monoisotopic (exact) mass is 247 g/mol. The van der Waals surface area contributed by atoms with Gasteiger partial charge in [0.1, 0.15) is 0 Å². The summed E-state index contributed by atoms with van der Waals surface area (Å²) >= 11 is 0. The quantitative estimate of drug-likeness (QED) is 0.356. The summed E-state index contributed by atoms with van der Waals surface area (Å²) in [5, 5.41) is 13.6. The summed E-state index contributed by atoms with van der Waals surface area (Å²) < 4.78 is 0. The number of rotatable bonds is 0. The van der Waals surface area contributed by atoms with E-state index in [0.29, 0.717) is 0 Å². The molecule has 0 atom stereocenters. The molecule has 0 aromatic heterocycles. The minimum absolute atomic E-state index is 0. The van der Waals surface area contributed by atoms with Crippen molar-refractivity contribution in [3.8, 4) is 0 Å². The van der Waals surface area contributed by atoms with E-state index in [9.17, 15) is 0 Å². The molecule has 1 N–H and O–H groups in total. The van der Waals surface area contributed by atoms with E-state index < -0.39 is 5.09 Å². The molecule has 0 unspecified atom stereocenters. The molecule has 0 heterocycles. The second kappa shape index (κ2) is 9.56. The number of nitrogens with zero attached hydrogens (tertiary/aromatic N) is 1.